The van der Waals surface area contributed by atoms with Crippen LogP contribution in [0.2, 0.25) is 0 Å². The van der Waals surface area contributed by atoms with Crippen molar-refractivity contribution in [3.05, 3.63) is 81.7 Å². The van der Waals surface area contributed by atoms with Gasteiger partial charge in [-0.05, 0) is 55.6 Å². The first-order chi connectivity index (χ1) is 12.1. The lowest BCUT2D eigenvalue weighted by molar-refractivity contribution is 0.245. The van der Waals surface area contributed by atoms with Crippen LogP contribution in [0.25, 0.3) is 5.65 Å². The Bertz CT molecular complexity index is 965. The average Bonchev–Trinajstić information content (AvgIpc) is 3.05. The van der Waals surface area contributed by atoms with Crippen LogP contribution in [-0.4, -0.2) is 20.8 Å². The van der Waals surface area contributed by atoms with Crippen LogP contribution >= 0.6 is 0 Å². The Balaban J connectivity index is 1.65. The molecule has 1 fully saturated rings. The number of aryl methyl sites for hydroxylation is 1. The Hall–Kier alpha value is -2.53. The molecule has 0 unspecified atom stereocenters. The summed E-state index contributed by atoms with van der Waals surface area (Å²) >= 11 is 0. The molecule has 1 aliphatic rings. The fraction of sp³-hybridized carbons (Fsp3) is 0.300. The van der Waals surface area contributed by atoms with E-state index in [0.717, 1.165) is 36.2 Å². The van der Waals surface area contributed by atoms with Gasteiger partial charge in [0.1, 0.15) is 11.5 Å². The average molecular weight is 337 g/mol. The van der Waals surface area contributed by atoms with E-state index in [1.165, 1.54) is 12.1 Å². The largest absolute Gasteiger partial charge is 0.291 e. The standard InChI is InChI=1S/C20H20FN3O/c1-14-4-2-11-24-19(25)12-17(22-20(14)24)13-23-10-3-5-18(23)15-6-8-16(21)9-7-15/h2,4,6-9,11-12,18H,3,5,10,13H2,1H3/t18-/m0/s1. The number of pyridine rings is 1. The number of rotatable bonds is 3. The fourth-order valence-corrected chi connectivity index (χ4v) is 3.68. The predicted octanol–water partition coefficient (Wildman–Crippen LogP) is 3.48. The summed E-state index contributed by atoms with van der Waals surface area (Å²) < 4.78 is 14.8. The zero-order chi connectivity index (χ0) is 17.4. The maximum absolute atomic E-state index is 13.2. The molecule has 0 radical (unpaired) electrons. The van der Waals surface area contributed by atoms with Crippen molar-refractivity contribution in [3.8, 4) is 0 Å². The van der Waals surface area contributed by atoms with E-state index in [1.807, 2.05) is 31.2 Å². The summed E-state index contributed by atoms with van der Waals surface area (Å²) in [5, 5.41) is 0. The second kappa shape index (κ2) is 6.41. The van der Waals surface area contributed by atoms with Gasteiger partial charge in [-0.1, -0.05) is 18.2 Å². The van der Waals surface area contributed by atoms with Gasteiger partial charge in [-0.3, -0.25) is 14.1 Å². The molecule has 0 amide bonds. The fourth-order valence-electron chi connectivity index (χ4n) is 3.68. The smallest absolute Gasteiger partial charge is 0.258 e. The molecule has 1 aromatic carbocycles. The molecule has 4 nitrogen and oxygen atoms in total. The van der Waals surface area contributed by atoms with E-state index in [1.54, 1.807) is 16.7 Å². The van der Waals surface area contributed by atoms with Gasteiger partial charge in [0, 0.05) is 24.8 Å². The third kappa shape index (κ3) is 3.07. The van der Waals surface area contributed by atoms with Gasteiger partial charge < -0.3 is 0 Å². The van der Waals surface area contributed by atoms with Crippen molar-refractivity contribution in [2.45, 2.75) is 32.4 Å². The van der Waals surface area contributed by atoms with E-state index < -0.39 is 0 Å². The zero-order valence-electron chi connectivity index (χ0n) is 14.2. The van der Waals surface area contributed by atoms with Crippen molar-refractivity contribution < 1.29 is 4.39 Å². The van der Waals surface area contributed by atoms with Crippen molar-refractivity contribution >= 4 is 5.65 Å². The molecule has 3 heterocycles. The van der Waals surface area contributed by atoms with Gasteiger partial charge in [-0.15, -0.1) is 0 Å². The van der Waals surface area contributed by atoms with E-state index in [0.29, 0.717) is 12.2 Å². The summed E-state index contributed by atoms with van der Waals surface area (Å²) in [5.74, 6) is -0.215. The van der Waals surface area contributed by atoms with E-state index in [4.69, 9.17) is 4.98 Å². The zero-order valence-corrected chi connectivity index (χ0v) is 14.2. The van der Waals surface area contributed by atoms with Crippen molar-refractivity contribution in [3.63, 3.8) is 0 Å². The third-order valence-electron chi connectivity index (χ3n) is 4.92. The Morgan fingerprint density at radius 2 is 2.04 bits per heavy atom. The van der Waals surface area contributed by atoms with Gasteiger partial charge in [0.25, 0.3) is 5.56 Å². The molecule has 0 saturated carbocycles. The molecule has 25 heavy (non-hydrogen) atoms. The van der Waals surface area contributed by atoms with Gasteiger partial charge in [0.15, 0.2) is 0 Å². The molecular weight excluding hydrogens is 317 g/mol. The van der Waals surface area contributed by atoms with Crippen LogP contribution in [0.3, 0.4) is 0 Å². The summed E-state index contributed by atoms with van der Waals surface area (Å²) in [6.45, 7) is 3.54. The van der Waals surface area contributed by atoms with Gasteiger partial charge in [-0.25, -0.2) is 9.37 Å². The number of aromatic nitrogens is 2. The van der Waals surface area contributed by atoms with Crippen LogP contribution in [-0.2, 0) is 6.54 Å². The first kappa shape index (κ1) is 16.0. The van der Waals surface area contributed by atoms with E-state index in [-0.39, 0.29) is 17.4 Å². The topological polar surface area (TPSA) is 37.6 Å². The minimum Gasteiger partial charge on any atom is -0.291 e. The highest BCUT2D eigenvalue weighted by Gasteiger charge is 2.26. The van der Waals surface area contributed by atoms with Crippen molar-refractivity contribution in [1.82, 2.24) is 14.3 Å². The molecule has 1 saturated heterocycles. The van der Waals surface area contributed by atoms with Crippen LogP contribution in [0, 0.1) is 12.7 Å². The summed E-state index contributed by atoms with van der Waals surface area (Å²) in [5.41, 5.74) is 3.54. The number of benzene rings is 1. The van der Waals surface area contributed by atoms with E-state index in [9.17, 15) is 9.18 Å². The lowest BCUT2D eigenvalue weighted by Gasteiger charge is -2.24. The molecule has 0 N–H and O–H groups in total. The molecule has 0 aliphatic carbocycles. The predicted molar refractivity (Wildman–Crippen MR) is 95.0 cm³/mol. The van der Waals surface area contributed by atoms with Crippen LogP contribution < -0.4 is 5.56 Å². The minimum absolute atomic E-state index is 0.0544. The Labute approximate surface area is 145 Å². The summed E-state index contributed by atoms with van der Waals surface area (Å²) in [7, 11) is 0. The van der Waals surface area contributed by atoms with Gasteiger partial charge >= 0.3 is 0 Å². The molecule has 5 heteroatoms. The molecule has 0 spiro atoms. The first-order valence-corrected chi connectivity index (χ1v) is 8.59. The minimum atomic E-state index is -0.215. The molecule has 128 valence electrons. The highest BCUT2D eigenvalue weighted by molar-refractivity contribution is 5.46. The quantitative estimate of drug-likeness (QED) is 0.734. The third-order valence-corrected chi connectivity index (χ3v) is 4.92. The van der Waals surface area contributed by atoms with Gasteiger partial charge in [-0.2, -0.15) is 0 Å². The normalized spacial score (nSPS) is 18.1. The molecule has 1 atom stereocenters. The second-order valence-electron chi connectivity index (χ2n) is 6.65. The summed E-state index contributed by atoms with van der Waals surface area (Å²) in [6.07, 6.45) is 3.88. The van der Waals surface area contributed by atoms with Crippen LogP contribution in [0.5, 0.6) is 0 Å². The maximum Gasteiger partial charge on any atom is 0.258 e. The van der Waals surface area contributed by atoms with Crippen LogP contribution in [0.4, 0.5) is 4.39 Å². The maximum atomic E-state index is 13.2. The number of nitrogens with zero attached hydrogens (tertiary/aromatic N) is 3. The van der Waals surface area contributed by atoms with Gasteiger partial charge in [0.05, 0.1) is 5.69 Å². The number of fused-ring (bicyclic) bond motifs is 1. The number of hydrogen-bond donors (Lipinski definition) is 0. The lowest BCUT2D eigenvalue weighted by Crippen LogP contribution is -2.25. The Morgan fingerprint density at radius 1 is 1.24 bits per heavy atom. The molecular formula is C20H20FN3O. The Kier molecular flexibility index (Phi) is 4.09. The molecule has 0 bridgehead atoms. The number of halogens is 1. The summed E-state index contributed by atoms with van der Waals surface area (Å²) in [4.78, 5) is 19.4. The molecule has 2 aromatic heterocycles. The number of likely N-dealkylation sites (tertiary alicyclic amines) is 1. The Morgan fingerprint density at radius 3 is 2.84 bits per heavy atom. The number of hydrogen-bond acceptors (Lipinski definition) is 3. The van der Waals surface area contributed by atoms with E-state index >= 15 is 0 Å². The second-order valence-corrected chi connectivity index (χ2v) is 6.65. The van der Waals surface area contributed by atoms with Gasteiger partial charge in [0.2, 0.25) is 0 Å². The SMILES string of the molecule is Cc1cccn2c(=O)cc(CN3CCC[C@H]3c3ccc(F)cc3)nc12. The molecule has 3 aromatic rings. The van der Waals surface area contributed by atoms with Crippen LogP contribution in [0.1, 0.15) is 35.7 Å². The van der Waals surface area contributed by atoms with Crippen molar-refractivity contribution in [2.75, 3.05) is 6.54 Å². The highest BCUT2D eigenvalue weighted by atomic mass is 19.1. The van der Waals surface area contributed by atoms with Crippen molar-refractivity contribution in [1.29, 1.82) is 0 Å². The highest BCUT2D eigenvalue weighted by Crippen LogP contribution is 2.32. The monoisotopic (exact) mass is 337 g/mol. The van der Waals surface area contributed by atoms with Crippen molar-refractivity contribution in [2.24, 2.45) is 0 Å². The lowest BCUT2D eigenvalue weighted by atomic mass is 10.0. The molecule has 1 aliphatic heterocycles. The van der Waals surface area contributed by atoms with Crippen LogP contribution in [0.15, 0.2) is 53.5 Å². The summed E-state index contributed by atoms with van der Waals surface area (Å²) in [6, 6.07) is 12.4. The molecule has 4 rings (SSSR count). The van der Waals surface area contributed by atoms with E-state index in [2.05, 4.69) is 4.90 Å². The first-order valence-electron chi connectivity index (χ1n) is 8.59.